The van der Waals surface area contributed by atoms with Crippen LogP contribution in [-0.2, 0) is 16.1 Å². The molecule has 1 atom stereocenters. The summed E-state index contributed by atoms with van der Waals surface area (Å²) in [4.78, 5) is 27.8. The molecule has 3 rings (SSSR count). The van der Waals surface area contributed by atoms with Crippen LogP contribution in [0.4, 0.5) is 0 Å². The molecule has 6 nitrogen and oxygen atoms in total. The highest BCUT2D eigenvalue weighted by atomic mass is 16.5. The van der Waals surface area contributed by atoms with Crippen LogP contribution in [0.2, 0.25) is 0 Å². The van der Waals surface area contributed by atoms with Crippen molar-refractivity contribution >= 4 is 11.8 Å². The Hall–Kier alpha value is -3.02. The van der Waals surface area contributed by atoms with E-state index in [-0.39, 0.29) is 17.9 Å². The van der Waals surface area contributed by atoms with Gasteiger partial charge in [-0.1, -0.05) is 42.7 Å². The van der Waals surface area contributed by atoms with Crippen LogP contribution in [0.25, 0.3) is 0 Å². The Morgan fingerprint density at radius 2 is 1.67 bits per heavy atom. The lowest BCUT2D eigenvalue weighted by Gasteiger charge is -2.30. The van der Waals surface area contributed by atoms with E-state index in [1.807, 2.05) is 62.4 Å². The van der Waals surface area contributed by atoms with Gasteiger partial charge in [0.2, 0.25) is 11.8 Å². The van der Waals surface area contributed by atoms with Crippen molar-refractivity contribution < 1.29 is 19.1 Å². The lowest BCUT2D eigenvalue weighted by Crippen LogP contribution is -2.49. The molecule has 1 aliphatic carbocycles. The smallest absolute Gasteiger partial charge is 0.242 e. The zero-order valence-corrected chi connectivity index (χ0v) is 20.0. The number of hydrogen-bond donors (Lipinski definition) is 1. The molecule has 1 aliphatic rings. The van der Waals surface area contributed by atoms with Crippen molar-refractivity contribution in [3.63, 3.8) is 0 Å². The Kier molecular flexibility index (Phi) is 9.16. The number of nitrogens with zero attached hydrogens (tertiary/aromatic N) is 1. The van der Waals surface area contributed by atoms with Crippen molar-refractivity contribution in [1.82, 2.24) is 10.2 Å². The largest absolute Gasteiger partial charge is 0.497 e. The maximum absolute atomic E-state index is 13.2. The number of aryl methyl sites for hydroxylation is 1. The van der Waals surface area contributed by atoms with E-state index in [9.17, 15) is 9.59 Å². The van der Waals surface area contributed by atoms with E-state index in [1.54, 1.807) is 12.0 Å². The first-order valence-corrected chi connectivity index (χ1v) is 11.9. The molecule has 0 spiro atoms. The molecule has 2 amide bonds. The Bertz CT molecular complexity index is 889. The van der Waals surface area contributed by atoms with Gasteiger partial charge in [0.25, 0.3) is 0 Å². The Balaban J connectivity index is 1.60. The Morgan fingerprint density at radius 3 is 2.30 bits per heavy atom. The highest BCUT2D eigenvalue weighted by Crippen LogP contribution is 2.20. The highest BCUT2D eigenvalue weighted by Gasteiger charge is 2.28. The molecule has 0 aliphatic heterocycles. The van der Waals surface area contributed by atoms with Gasteiger partial charge in [0, 0.05) is 19.0 Å². The number of ether oxygens (including phenoxy) is 2. The van der Waals surface area contributed by atoms with Crippen LogP contribution in [0.15, 0.2) is 48.5 Å². The van der Waals surface area contributed by atoms with Crippen LogP contribution >= 0.6 is 0 Å². The molecule has 0 aromatic heterocycles. The van der Waals surface area contributed by atoms with E-state index in [2.05, 4.69) is 5.32 Å². The minimum atomic E-state index is -0.543. The number of amides is 2. The molecular weight excluding hydrogens is 416 g/mol. The van der Waals surface area contributed by atoms with Crippen molar-refractivity contribution in [3.8, 4) is 11.5 Å². The summed E-state index contributed by atoms with van der Waals surface area (Å²) in [6, 6.07) is 15.2. The molecule has 33 heavy (non-hydrogen) atoms. The second-order valence-electron chi connectivity index (χ2n) is 8.80. The van der Waals surface area contributed by atoms with E-state index in [1.165, 1.54) is 5.56 Å². The van der Waals surface area contributed by atoms with E-state index >= 15 is 0 Å². The van der Waals surface area contributed by atoms with Gasteiger partial charge in [0.05, 0.1) is 13.7 Å². The predicted molar refractivity (Wildman–Crippen MR) is 129 cm³/mol. The molecule has 6 heteroatoms. The summed E-state index contributed by atoms with van der Waals surface area (Å²) in [5.74, 6) is 1.43. The maximum Gasteiger partial charge on any atom is 0.242 e. The third-order valence-corrected chi connectivity index (χ3v) is 6.21. The van der Waals surface area contributed by atoms with Crippen LogP contribution < -0.4 is 14.8 Å². The number of hydrogen-bond acceptors (Lipinski definition) is 4. The second-order valence-corrected chi connectivity index (χ2v) is 8.80. The van der Waals surface area contributed by atoms with Gasteiger partial charge in [-0.25, -0.2) is 0 Å². The van der Waals surface area contributed by atoms with Crippen LogP contribution in [0.3, 0.4) is 0 Å². The fourth-order valence-corrected chi connectivity index (χ4v) is 4.09. The predicted octanol–water partition coefficient (Wildman–Crippen LogP) is 4.64. The lowest BCUT2D eigenvalue weighted by molar-refractivity contribution is -0.141. The number of benzene rings is 2. The van der Waals surface area contributed by atoms with Gasteiger partial charge >= 0.3 is 0 Å². The Labute approximate surface area is 197 Å². The molecule has 0 unspecified atom stereocenters. The standard InChI is InChI=1S/C27H36N2O4/c1-20-10-14-25(15-11-20)33-18-6-9-26(30)29(19-22-12-16-24(32-3)17-13-22)21(2)27(31)28-23-7-4-5-8-23/h10-17,21,23H,4-9,18-19H2,1-3H3,(H,28,31)/t21-/m1/s1. The molecular formula is C27H36N2O4. The number of carbonyl (C=O) groups is 2. The zero-order valence-electron chi connectivity index (χ0n) is 20.0. The van der Waals surface area contributed by atoms with E-state index in [4.69, 9.17) is 9.47 Å². The summed E-state index contributed by atoms with van der Waals surface area (Å²) in [6.45, 7) is 4.67. The number of rotatable bonds is 11. The minimum absolute atomic E-state index is 0.0487. The first-order valence-electron chi connectivity index (χ1n) is 11.9. The van der Waals surface area contributed by atoms with E-state index < -0.39 is 6.04 Å². The highest BCUT2D eigenvalue weighted by molar-refractivity contribution is 5.87. The van der Waals surface area contributed by atoms with Crippen molar-refractivity contribution in [2.75, 3.05) is 13.7 Å². The monoisotopic (exact) mass is 452 g/mol. The summed E-state index contributed by atoms with van der Waals surface area (Å²) in [5.41, 5.74) is 2.14. The van der Waals surface area contributed by atoms with Crippen molar-refractivity contribution in [2.45, 2.75) is 71.0 Å². The van der Waals surface area contributed by atoms with Gasteiger partial charge < -0.3 is 19.7 Å². The van der Waals surface area contributed by atoms with Crippen LogP contribution in [0.5, 0.6) is 11.5 Å². The van der Waals surface area contributed by atoms with Crippen LogP contribution in [0.1, 0.15) is 56.6 Å². The zero-order chi connectivity index (χ0) is 23.6. The van der Waals surface area contributed by atoms with E-state index in [0.717, 1.165) is 42.7 Å². The first-order chi connectivity index (χ1) is 16.0. The third kappa shape index (κ3) is 7.52. The molecule has 0 bridgehead atoms. The topological polar surface area (TPSA) is 67.9 Å². The summed E-state index contributed by atoms with van der Waals surface area (Å²) >= 11 is 0. The fourth-order valence-electron chi connectivity index (χ4n) is 4.09. The normalized spacial score (nSPS) is 14.5. The number of carbonyl (C=O) groups excluding carboxylic acids is 2. The van der Waals surface area contributed by atoms with Crippen LogP contribution in [-0.4, -0.2) is 42.5 Å². The summed E-state index contributed by atoms with van der Waals surface area (Å²) in [5, 5.41) is 3.13. The van der Waals surface area contributed by atoms with E-state index in [0.29, 0.717) is 26.0 Å². The summed E-state index contributed by atoms with van der Waals surface area (Å²) < 4.78 is 11.0. The number of nitrogens with one attached hydrogen (secondary N) is 1. The van der Waals surface area contributed by atoms with Gasteiger partial charge in [0.1, 0.15) is 17.5 Å². The molecule has 1 saturated carbocycles. The molecule has 178 valence electrons. The third-order valence-electron chi connectivity index (χ3n) is 6.21. The average molecular weight is 453 g/mol. The molecule has 2 aromatic rings. The SMILES string of the molecule is COc1ccc(CN(C(=O)CCCOc2ccc(C)cc2)[C@H](C)C(=O)NC2CCCC2)cc1. The maximum atomic E-state index is 13.2. The summed E-state index contributed by atoms with van der Waals surface area (Å²) in [6.07, 6.45) is 5.23. The average Bonchev–Trinajstić information content (AvgIpc) is 3.34. The fraction of sp³-hybridized carbons (Fsp3) is 0.481. The molecule has 0 saturated heterocycles. The van der Waals surface area contributed by atoms with Crippen molar-refractivity contribution in [2.24, 2.45) is 0 Å². The van der Waals surface area contributed by atoms with Gasteiger partial charge in [-0.15, -0.1) is 0 Å². The van der Waals surface area contributed by atoms with Gasteiger partial charge in [-0.05, 0) is 62.9 Å². The summed E-state index contributed by atoms with van der Waals surface area (Å²) in [7, 11) is 1.62. The minimum Gasteiger partial charge on any atom is -0.497 e. The van der Waals surface area contributed by atoms with Crippen molar-refractivity contribution in [3.05, 3.63) is 59.7 Å². The molecule has 2 aromatic carbocycles. The first kappa shape index (κ1) is 24.6. The quantitative estimate of drug-likeness (QED) is 0.505. The number of methoxy groups -OCH3 is 1. The van der Waals surface area contributed by atoms with Crippen LogP contribution in [0, 0.1) is 6.92 Å². The van der Waals surface area contributed by atoms with Gasteiger partial charge in [0.15, 0.2) is 0 Å². The molecule has 1 fully saturated rings. The van der Waals surface area contributed by atoms with Gasteiger partial charge in [-0.3, -0.25) is 9.59 Å². The lowest BCUT2D eigenvalue weighted by atomic mass is 10.1. The second kappa shape index (κ2) is 12.3. The molecule has 0 heterocycles. The van der Waals surface area contributed by atoms with Crippen molar-refractivity contribution in [1.29, 1.82) is 0 Å². The Morgan fingerprint density at radius 1 is 1.03 bits per heavy atom. The molecule has 0 radical (unpaired) electrons. The van der Waals surface area contributed by atoms with Gasteiger partial charge in [-0.2, -0.15) is 0 Å². The molecule has 1 N–H and O–H groups in total.